The molecule has 3 heterocycles. The van der Waals surface area contributed by atoms with Gasteiger partial charge in [-0.2, -0.15) is 13.2 Å². The minimum Gasteiger partial charge on any atom is -0.382 e. The first-order valence-corrected chi connectivity index (χ1v) is 11.8. The zero-order chi connectivity index (χ0) is 25.5. The van der Waals surface area contributed by atoms with Crippen molar-refractivity contribution in [3.63, 3.8) is 0 Å². The minimum atomic E-state index is -4.93. The van der Waals surface area contributed by atoms with Crippen molar-refractivity contribution in [3.8, 4) is 0 Å². The van der Waals surface area contributed by atoms with Crippen molar-refractivity contribution < 1.29 is 23.0 Å². The smallest absolute Gasteiger partial charge is 0.382 e. The molecule has 0 spiro atoms. The van der Waals surface area contributed by atoms with Crippen LogP contribution >= 0.6 is 34.5 Å². The summed E-state index contributed by atoms with van der Waals surface area (Å²) in [7, 11) is 0. The monoisotopic (exact) mass is 547 g/mol. The zero-order valence-corrected chi connectivity index (χ0v) is 20.3. The van der Waals surface area contributed by atoms with E-state index in [2.05, 4.69) is 4.99 Å². The Morgan fingerprint density at radius 3 is 2.60 bits per heavy atom. The van der Waals surface area contributed by atoms with Gasteiger partial charge in [-0.25, -0.2) is 4.79 Å². The molecule has 1 aliphatic heterocycles. The molecule has 0 saturated carbocycles. The molecule has 186 valence electrons. The minimum absolute atomic E-state index is 0.0103. The van der Waals surface area contributed by atoms with E-state index in [1.807, 2.05) is 17.1 Å². The average Bonchev–Trinajstić information content (AvgIpc) is 3.13. The van der Waals surface area contributed by atoms with Gasteiger partial charge in [0.15, 0.2) is 12.3 Å². The van der Waals surface area contributed by atoms with Crippen LogP contribution in [0.3, 0.4) is 0 Å². The standard InChI is InChI=1S/C22H18Cl2F3N3O4S/c1-10-16-18(32)29-21(33)30(8-15(31)22(25,26)27)20(16)35-17(10)12-6-14(24)19(28-7-12)34-9-11-2-4-13(23)5-3-11/h2-7,14-15,19,31H,8-9H2,1H3,(H,29,32,33). The summed E-state index contributed by atoms with van der Waals surface area (Å²) in [6.07, 6.45) is -5.22. The van der Waals surface area contributed by atoms with Crippen LogP contribution in [0.5, 0.6) is 0 Å². The van der Waals surface area contributed by atoms with Gasteiger partial charge in [-0.05, 0) is 30.2 Å². The maximum Gasteiger partial charge on any atom is 0.416 e. The van der Waals surface area contributed by atoms with Crippen LogP contribution in [0.25, 0.3) is 15.8 Å². The van der Waals surface area contributed by atoms with Gasteiger partial charge in [-0.15, -0.1) is 22.9 Å². The number of aromatic amines is 1. The third-order valence-electron chi connectivity index (χ3n) is 5.37. The Morgan fingerprint density at radius 2 is 1.97 bits per heavy atom. The molecule has 0 amide bonds. The van der Waals surface area contributed by atoms with Crippen molar-refractivity contribution in [1.82, 2.24) is 9.55 Å². The van der Waals surface area contributed by atoms with E-state index in [1.165, 1.54) is 6.21 Å². The summed E-state index contributed by atoms with van der Waals surface area (Å²) in [6.45, 7) is 0.803. The van der Waals surface area contributed by atoms with Crippen LogP contribution < -0.4 is 11.2 Å². The Labute approximate surface area is 210 Å². The predicted octanol–water partition coefficient (Wildman–Crippen LogP) is 4.25. The Morgan fingerprint density at radius 1 is 1.29 bits per heavy atom. The molecule has 2 N–H and O–H groups in total. The lowest BCUT2D eigenvalue weighted by Crippen LogP contribution is -2.38. The first-order valence-electron chi connectivity index (χ1n) is 10.2. The summed E-state index contributed by atoms with van der Waals surface area (Å²) in [5.74, 6) is 0. The third kappa shape index (κ3) is 5.39. The number of hydrogen-bond acceptors (Lipinski definition) is 6. The number of allylic oxidation sites excluding steroid dienone is 1. The molecule has 3 atom stereocenters. The number of nitrogens with one attached hydrogen (secondary N) is 1. The van der Waals surface area contributed by atoms with Crippen LogP contribution in [-0.2, 0) is 17.9 Å². The second-order valence-corrected chi connectivity index (χ2v) is 9.78. The molecule has 1 aromatic carbocycles. The quantitative estimate of drug-likeness (QED) is 0.451. The molecular weight excluding hydrogens is 530 g/mol. The molecule has 1 aliphatic rings. The summed E-state index contributed by atoms with van der Waals surface area (Å²) in [5, 5.41) is 9.47. The molecular formula is C22H18Cl2F3N3O4S. The van der Waals surface area contributed by atoms with Crippen molar-refractivity contribution in [1.29, 1.82) is 0 Å². The third-order valence-corrected chi connectivity index (χ3v) is 7.32. The van der Waals surface area contributed by atoms with Gasteiger partial charge in [-0.3, -0.25) is 19.3 Å². The maximum atomic E-state index is 12.9. The number of alkyl halides is 4. The van der Waals surface area contributed by atoms with E-state index in [1.54, 1.807) is 25.1 Å². The number of dihydropyridines is 1. The van der Waals surface area contributed by atoms with Crippen molar-refractivity contribution in [2.24, 2.45) is 4.99 Å². The Kier molecular flexibility index (Phi) is 7.26. The van der Waals surface area contributed by atoms with Gasteiger partial charge < -0.3 is 9.84 Å². The summed E-state index contributed by atoms with van der Waals surface area (Å²) < 4.78 is 45.2. The second-order valence-electron chi connectivity index (χ2n) is 7.84. The number of benzene rings is 1. The Hall–Kier alpha value is -2.44. The SMILES string of the molecule is Cc1c(C2=CC(Cl)C(OCc3ccc(Cl)cc3)N=C2)sc2c1c(=O)[nH]c(=O)n2CC(O)C(F)(F)F. The average molecular weight is 548 g/mol. The molecule has 0 radical (unpaired) electrons. The summed E-state index contributed by atoms with van der Waals surface area (Å²) in [6, 6.07) is 7.10. The van der Waals surface area contributed by atoms with Crippen LogP contribution in [-0.4, -0.2) is 44.8 Å². The van der Waals surface area contributed by atoms with E-state index >= 15 is 0 Å². The van der Waals surface area contributed by atoms with E-state index in [0.717, 1.165) is 16.9 Å². The molecule has 0 bridgehead atoms. The second kappa shape index (κ2) is 9.90. The molecule has 3 unspecified atom stereocenters. The number of nitrogens with zero attached hydrogens (tertiary/aromatic N) is 2. The number of aliphatic imine (C=N–C) groups is 1. The largest absolute Gasteiger partial charge is 0.416 e. The Balaban J connectivity index is 1.63. The molecule has 7 nitrogen and oxygen atoms in total. The van der Waals surface area contributed by atoms with Gasteiger partial charge in [0.25, 0.3) is 5.56 Å². The number of rotatable bonds is 6. The number of H-pyrrole nitrogens is 1. The topological polar surface area (TPSA) is 96.7 Å². The fourth-order valence-electron chi connectivity index (χ4n) is 3.56. The summed E-state index contributed by atoms with van der Waals surface area (Å²) in [5.41, 5.74) is 0.0775. The highest BCUT2D eigenvalue weighted by atomic mass is 35.5. The number of ether oxygens (including phenoxy) is 1. The fourth-order valence-corrected chi connectivity index (χ4v) is 5.26. The van der Waals surface area contributed by atoms with Gasteiger partial charge >= 0.3 is 11.9 Å². The van der Waals surface area contributed by atoms with E-state index < -0.39 is 41.7 Å². The van der Waals surface area contributed by atoms with Crippen LogP contribution in [0.4, 0.5) is 13.2 Å². The van der Waals surface area contributed by atoms with Crippen LogP contribution in [0.1, 0.15) is 16.0 Å². The highest BCUT2D eigenvalue weighted by Gasteiger charge is 2.39. The molecule has 0 aliphatic carbocycles. The van der Waals surface area contributed by atoms with Gasteiger partial charge in [0.05, 0.1) is 23.9 Å². The van der Waals surface area contributed by atoms with Crippen LogP contribution in [0, 0.1) is 6.92 Å². The lowest BCUT2D eigenvalue weighted by atomic mass is 10.1. The van der Waals surface area contributed by atoms with Crippen molar-refractivity contribution >= 4 is 56.5 Å². The summed E-state index contributed by atoms with van der Waals surface area (Å²) >= 11 is 13.3. The number of aryl methyl sites for hydroxylation is 1. The lowest BCUT2D eigenvalue weighted by molar-refractivity contribution is -0.207. The van der Waals surface area contributed by atoms with Gasteiger partial charge in [0.1, 0.15) is 4.83 Å². The van der Waals surface area contributed by atoms with Gasteiger partial charge in [-0.1, -0.05) is 29.8 Å². The highest BCUT2D eigenvalue weighted by Crippen LogP contribution is 2.35. The maximum absolute atomic E-state index is 12.9. The number of halogens is 5. The molecule has 13 heteroatoms. The normalized spacial score (nSPS) is 19.2. The Bertz CT molecular complexity index is 1430. The number of aliphatic hydroxyl groups is 1. The van der Waals surface area contributed by atoms with Crippen LogP contribution in [0.15, 0.2) is 44.9 Å². The van der Waals surface area contributed by atoms with E-state index in [0.29, 0.717) is 25.6 Å². The fraction of sp³-hybridized carbons (Fsp3) is 0.318. The first-order chi connectivity index (χ1) is 16.5. The molecule has 4 rings (SSSR count). The van der Waals surface area contributed by atoms with Gasteiger partial charge in [0, 0.05) is 21.7 Å². The molecule has 2 aromatic heterocycles. The first kappa shape index (κ1) is 25.6. The van der Waals surface area contributed by atoms with E-state index in [-0.39, 0.29) is 16.8 Å². The molecule has 3 aromatic rings. The number of aromatic nitrogens is 2. The van der Waals surface area contributed by atoms with E-state index in [4.69, 9.17) is 27.9 Å². The van der Waals surface area contributed by atoms with Gasteiger partial charge in [0.2, 0.25) is 0 Å². The molecule has 0 fully saturated rings. The number of fused-ring (bicyclic) bond motifs is 1. The molecule has 35 heavy (non-hydrogen) atoms. The van der Waals surface area contributed by atoms with Crippen molar-refractivity contribution in [2.45, 2.75) is 44.0 Å². The zero-order valence-electron chi connectivity index (χ0n) is 18.0. The van der Waals surface area contributed by atoms with Crippen molar-refractivity contribution in [3.05, 3.63) is 72.2 Å². The molecule has 0 saturated heterocycles. The number of thiophene rings is 1. The number of aliphatic hydroxyl groups excluding tert-OH is 1. The van der Waals surface area contributed by atoms with Crippen molar-refractivity contribution in [2.75, 3.05) is 0 Å². The van der Waals surface area contributed by atoms with E-state index in [9.17, 15) is 27.9 Å². The highest BCUT2D eigenvalue weighted by molar-refractivity contribution is 7.20. The number of hydrogen-bond donors (Lipinski definition) is 2. The lowest BCUT2D eigenvalue weighted by Gasteiger charge is -2.21. The van der Waals surface area contributed by atoms with Crippen LogP contribution in [0.2, 0.25) is 5.02 Å². The predicted molar refractivity (Wildman–Crippen MR) is 130 cm³/mol. The summed E-state index contributed by atoms with van der Waals surface area (Å²) in [4.78, 5) is 31.6.